The predicted molar refractivity (Wildman–Crippen MR) is 76.4 cm³/mol. The fourth-order valence-corrected chi connectivity index (χ4v) is 1.82. The van der Waals surface area contributed by atoms with Gasteiger partial charge in [0.25, 0.3) is 0 Å². The van der Waals surface area contributed by atoms with E-state index < -0.39 is 0 Å². The first-order chi connectivity index (χ1) is 9.29. The third-order valence-electron chi connectivity index (χ3n) is 2.88. The molecule has 0 fully saturated rings. The fourth-order valence-electron chi connectivity index (χ4n) is 1.82. The van der Waals surface area contributed by atoms with Gasteiger partial charge in [-0.3, -0.25) is 0 Å². The highest BCUT2D eigenvalue weighted by Gasteiger charge is 2.04. The Bertz CT molecular complexity index is 481. The molecule has 0 saturated heterocycles. The van der Waals surface area contributed by atoms with Crippen molar-refractivity contribution in [2.45, 2.75) is 26.4 Å². The summed E-state index contributed by atoms with van der Waals surface area (Å²) in [6, 6.07) is 10.5. The Hall–Kier alpha value is -1.65. The van der Waals surface area contributed by atoms with Gasteiger partial charge in [-0.05, 0) is 26.0 Å². The second kappa shape index (κ2) is 7.07. The van der Waals surface area contributed by atoms with E-state index in [0.29, 0.717) is 6.04 Å². The zero-order valence-electron chi connectivity index (χ0n) is 11.5. The molecule has 2 aromatic rings. The number of aromatic nitrogens is 2. The highest BCUT2D eigenvalue weighted by molar-refractivity contribution is 5.30. The molecule has 0 amide bonds. The van der Waals surface area contributed by atoms with E-state index in [-0.39, 0.29) is 0 Å². The number of hydrogen-bond acceptors (Lipinski definition) is 3. The Morgan fingerprint density at radius 1 is 1.32 bits per heavy atom. The molecule has 102 valence electrons. The minimum atomic E-state index is 0.347. The van der Waals surface area contributed by atoms with Crippen molar-refractivity contribution in [1.82, 2.24) is 15.1 Å². The number of para-hydroxylation sites is 1. The first-order valence-corrected chi connectivity index (χ1v) is 6.69. The second-order valence-corrected chi connectivity index (χ2v) is 4.57. The van der Waals surface area contributed by atoms with E-state index in [1.807, 2.05) is 48.1 Å². The molecule has 0 spiro atoms. The molecule has 1 heterocycles. The summed E-state index contributed by atoms with van der Waals surface area (Å²) in [4.78, 5) is 0. The van der Waals surface area contributed by atoms with Crippen LogP contribution >= 0.6 is 0 Å². The Morgan fingerprint density at radius 2 is 2.11 bits per heavy atom. The summed E-state index contributed by atoms with van der Waals surface area (Å²) in [7, 11) is 0. The van der Waals surface area contributed by atoms with E-state index in [1.54, 1.807) is 0 Å². The summed E-state index contributed by atoms with van der Waals surface area (Å²) < 4.78 is 7.27. The molecular weight excluding hydrogens is 238 g/mol. The summed E-state index contributed by atoms with van der Waals surface area (Å²) in [5, 5.41) is 7.79. The number of nitrogens with zero attached hydrogens (tertiary/aromatic N) is 2. The van der Waals surface area contributed by atoms with Crippen LogP contribution in [0.1, 0.15) is 19.4 Å². The lowest BCUT2D eigenvalue weighted by Crippen LogP contribution is -2.29. The Labute approximate surface area is 114 Å². The maximum absolute atomic E-state index is 5.37. The molecule has 0 aliphatic carbocycles. The van der Waals surface area contributed by atoms with Gasteiger partial charge >= 0.3 is 0 Å². The molecule has 0 saturated carbocycles. The predicted octanol–water partition coefficient (Wildman–Crippen LogP) is 2.39. The lowest BCUT2D eigenvalue weighted by molar-refractivity contribution is 0.127. The van der Waals surface area contributed by atoms with Crippen molar-refractivity contribution in [2.24, 2.45) is 0 Å². The van der Waals surface area contributed by atoms with Crippen molar-refractivity contribution < 1.29 is 4.74 Å². The largest absolute Gasteiger partial charge is 0.380 e. The molecule has 1 N–H and O–H groups in total. The van der Waals surface area contributed by atoms with E-state index in [0.717, 1.165) is 25.4 Å². The van der Waals surface area contributed by atoms with Gasteiger partial charge in [-0.2, -0.15) is 5.10 Å². The fraction of sp³-hybridized carbons (Fsp3) is 0.400. The van der Waals surface area contributed by atoms with Gasteiger partial charge in [-0.25, -0.2) is 4.68 Å². The number of benzene rings is 1. The molecule has 1 unspecified atom stereocenters. The minimum Gasteiger partial charge on any atom is -0.380 e. The van der Waals surface area contributed by atoms with Crippen molar-refractivity contribution in [2.75, 3.05) is 13.2 Å². The van der Waals surface area contributed by atoms with E-state index in [2.05, 4.69) is 23.5 Å². The average Bonchev–Trinajstić information content (AvgIpc) is 2.93. The van der Waals surface area contributed by atoms with Crippen molar-refractivity contribution >= 4 is 0 Å². The maximum Gasteiger partial charge on any atom is 0.0645 e. The van der Waals surface area contributed by atoms with Crippen LogP contribution in [0.15, 0.2) is 42.7 Å². The molecule has 0 aliphatic rings. The third kappa shape index (κ3) is 4.19. The van der Waals surface area contributed by atoms with Crippen LogP contribution in [0, 0.1) is 0 Å². The Kier molecular flexibility index (Phi) is 5.12. The van der Waals surface area contributed by atoms with Gasteiger partial charge in [0.05, 0.1) is 18.5 Å². The summed E-state index contributed by atoms with van der Waals surface area (Å²) >= 11 is 0. The number of ether oxygens (including phenoxy) is 1. The standard InChI is InChI=1S/C15H21N3O/c1-3-19-12-13(2)16-9-14-10-17-18(11-14)15-7-5-4-6-8-15/h4-8,10-11,13,16H,3,9,12H2,1-2H3. The van der Waals surface area contributed by atoms with Crippen LogP contribution in [0.5, 0.6) is 0 Å². The zero-order valence-corrected chi connectivity index (χ0v) is 11.5. The van der Waals surface area contributed by atoms with Gasteiger partial charge in [0.2, 0.25) is 0 Å². The lowest BCUT2D eigenvalue weighted by atomic mass is 10.3. The number of hydrogen-bond donors (Lipinski definition) is 1. The normalized spacial score (nSPS) is 12.5. The molecule has 1 aromatic carbocycles. The van der Waals surface area contributed by atoms with Crippen molar-refractivity contribution in [3.63, 3.8) is 0 Å². The monoisotopic (exact) mass is 259 g/mol. The van der Waals surface area contributed by atoms with Gasteiger partial charge in [-0.1, -0.05) is 18.2 Å². The van der Waals surface area contributed by atoms with Crippen LogP contribution in [0.25, 0.3) is 5.69 Å². The lowest BCUT2D eigenvalue weighted by Gasteiger charge is -2.12. The Balaban J connectivity index is 1.88. The van der Waals surface area contributed by atoms with E-state index >= 15 is 0 Å². The van der Waals surface area contributed by atoms with Crippen molar-refractivity contribution in [1.29, 1.82) is 0 Å². The molecule has 2 rings (SSSR count). The van der Waals surface area contributed by atoms with Gasteiger partial charge in [0.15, 0.2) is 0 Å². The molecule has 4 nitrogen and oxygen atoms in total. The Morgan fingerprint density at radius 3 is 2.84 bits per heavy atom. The van der Waals surface area contributed by atoms with Crippen molar-refractivity contribution in [3.05, 3.63) is 48.3 Å². The topological polar surface area (TPSA) is 39.1 Å². The zero-order chi connectivity index (χ0) is 13.5. The summed E-state index contributed by atoms with van der Waals surface area (Å²) in [6.07, 6.45) is 3.95. The summed E-state index contributed by atoms with van der Waals surface area (Å²) in [5.41, 5.74) is 2.25. The molecule has 0 bridgehead atoms. The van der Waals surface area contributed by atoms with Crippen LogP contribution < -0.4 is 5.32 Å². The molecule has 1 atom stereocenters. The van der Waals surface area contributed by atoms with Gasteiger partial charge < -0.3 is 10.1 Å². The van der Waals surface area contributed by atoms with E-state index in [4.69, 9.17) is 4.74 Å². The minimum absolute atomic E-state index is 0.347. The van der Waals surface area contributed by atoms with Crippen molar-refractivity contribution in [3.8, 4) is 5.69 Å². The van der Waals surface area contributed by atoms with Crippen LogP contribution in [0.4, 0.5) is 0 Å². The van der Waals surface area contributed by atoms with E-state index in [1.165, 1.54) is 5.56 Å². The van der Waals surface area contributed by atoms with Gasteiger partial charge in [-0.15, -0.1) is 0 Å². The SMILES string of the molecule is CCOCC(C)NCc1cnn(-c2ccccc2)c1. The third-order valence-corrected chi connectivity index (χ3v) is 2.88. The van der Waals surface area contributed by atoms with Crippen LogP contribution in [0.2, 0.25) is 0 Å². The second-order valence-electron chi connectivity index (χ2n) is 4.57. The van der Waals surface area contributed by atoms with Gasteiger partial charge in [0, 0.05) is 31.0 Å². The average molecular weight is 259 g/mol. The quantitative estimate of drug-likeness (QED) is 0.830. The van der Waals surface area contributed by atoms with Gasteiger partial charge in [0.1, 0.15) is 0 Å². The highest BCUT2D eigenvalue weighted by atomic mass is 16.5. The smallest absolute Gasteiger partial charge is 0.0645 e. The number of rotatable bonds is 7. The molecule has 0 aliphatic heterocycles. The highest BCUT2D eigenvalue weighted by Crippen LogP contribution is 2.07. The van der Waals surface area contributed by atoms with Crippen LogP contribution in [-0.4, -0.2) is 29.0 Å². The van der Waals surface area contributed by atoms with Crippen LogP contribution in [-0.2, 0) is 11.3 Å². The number of nitrogens with one attached hydrogen (secondary N) is 1. The molecule has 4 heteroatoms. The maximum atomic E-state index is 5.37. The van der Waals surface area contributed by atoms with E-state index in [9.17, 15) is 0 Å². The first kappa shape index (κ1) is 13.8. The molecule has 1 aromatic heterocycles. The summed E-state index contributed by atoms with van der Waals surface area (Å²) in [6.45, 7) is 6.44. The molecular formula is C15H21N3O. The summed E-state index contributed by atoms with van der Waals surface area (Å²) in [5.74, 6) is 0. The first-order valence-electron chi connectivity index (χ1n) is 6.69. The molecule has 19 heavy (non-hydrogen) atoms. The van der Waals surface area contributed by atoms with Crippen LogP contribution in [0.3, 0.4) is 0 Å². The molecule has 0 radical (unpaired) electrons.